The van der Waals surface area contributed by atoms with Gasteiger partial charge in [-0.2, -0.15) is 0 Å². The number of halogens is 3. The van der Waals surface area contributed by atoms with Gasteiger partial charge < -0.3 is 10.1 Å². The fourth-order valence-corrected chi connectivity index (χ4v) is 1.69. The minimum atomic E-state index is -1.10. The number of hydrogen-bond donors (Lipinski definition) is 1. The number of carbonyl (C=O) groups is 2. The number of ether oxygens (including phenoxy) is 1. The summed E-state index contributed by atoms with van der Waals surface area (Å²) in [6.45, 7) is -0.592. The van der Waals surface area contributed by atoms with Crippen LogP contribution in [-0.4, -0.2) is 18.5 Å². The Labute approximate surface area is 135 Å². The first-order valence-electron chi connectivity index (χ1n) is 6.79. The highest BCUT2D eigenvalue weighted by Gasteiger charge is 2.08. The van der Waals surface area contributed by atoms with Crippen molar-refractivity contribution in [2.75, 3.05) is 11.9 Å². The van der Waals surface area contributed by atoms with Crippen molar-refractivity contribution in [1.29, 1.82) is 0 Å². The van der Waals surface area contributed by atoms with Gasteiger partial charge in [0.1, 0.15) is 5.82 Å². The molecule has 0 spiro atoms. The van der Waals surface area contributed by atoms with E-state index in [-0.39, 0.29) is 5.69 Å². The van der Waals surface area contributed by atoms with Gasteiger partial charge in [-0.3, -0.25) is 4.79 Å². The third-order valence-corrected chi connectivity index (χ3v) is 2.83. The van der Waals surface area contributed by atoms with Crippen LogP contribution in [0.1, 0.15) is 5.56 Å². The molecular weight excluding hydrogens is 323 g/mol. The molecule has 0 aliphatic carbocycles. The monoisotopic (exact) mass is 335 g/mol. The van der Waals surface area contributed by atoms with Gasteiger partial charge in [-0.05, 0) is 35.9 Å². The van der Waals surface area contributed by atoms with E-state index in [2.05, 4.69) is 5.32 Å². The van der Waals surface area contributed by atoms with Crippen LogP contribution in [0.4, 0.5) is 18.9 Å². The minimum absolute atomic E-state index is 0.0387. The Kier molecular flexibility index (Phi) is 5.73. The van der Waals surface area contributed by atoms with E-state index < -0.39 is 35.9 Å². The van der Waals surface area contributed by atoms with Crippen molar-refractivity contribution in [2.45, 2.75) is 0 Å². The number of hydrogen-bond acceptors (Lipinski definition) is 3. The Morgan fingerprint density at radius 3 is 2.38 bits per heavy atom. The fraction of sp³-hybridized carbons (Fsp3) is 0.0588. The quantitative estimate of drug-likeness (QED) is 0.674. The maximum atomic E-state index is 13.0. The molecule has 124 valence electrons. The van der Waals surface area contributed by atoms with Crippen molar-refractivity contribution in [1.82, 2.24) is 0 Å². The summed E-state index contributed by atoms with van der Waals surface area (Å²) >= 11 is 0. The Hall–Kier alpha value is -3.09. The number of amides is 1. The molecule has 2 aromatic carbocycles. The zero-order valence-electron chi connectivity index (χ0n) is 12.3. The standard InChI is InChI=1S/C17H12F3NO3/c18-12-4-1-11(2-5-12)3-8-17(23)24-10-16(22)21-13-6-7-14(19)15(20)9-13/h1-9H,10H2,(H,21,22)/b8-3+. The largest absolute Gasteiger partial charge is 0.452 e. The fourth-order valence-electron chi connectivity index (χ4n) is 1.69. The van der Waals surface area contributed by atoms with E-state index in [1.54, 1.807) is 0 Å². The lowest BCUT2D eigenvalue weighted by Gasteiger charge is -2.05. The lowest BCUT2D eigenvalue weighted by Crippen LogP contribution is -2.20. The van der Waals surface area contributed by atoms with Gasteiger partial charge in [0, 0.05) is 17.8 Å². The second-order valence-electron chi connectivity index (χ2n) is 4.67. The van der Waals surface area contributed by atoms with Crippen LogP contribution in [0, 0.1) is 17.5 Å². The maximum absolute atomic E-state index is 13.0. The normalized spacial score (nSPS) is 10.6. The first kappa shape index (κ1) is 17.3. The van der Waals surface area contributed by atoms with E-state index in [0.29, 0.717) is 5.56 Å². The highest BCUT2D eigenvalue weighted by Crippen LogP contribution is 2.12. The van der Waals surface area contributed by atoms with Crippen LogP contribution in [0.3, 0.4) is 0 Å². The molecule has 2 aromatic rings. The van der Waals surface area contributed by atoms with Crippen LogP contribution in [-0.2, 0) is 14.3 Å². The van der Waals surface area contributed by atoms with E-state index in [9.17, 15) is 22.8 Å². The van der Waals surface area contributed by atoms with Crippen LogP contribution in [0.2, 0.25) is 0 Å². The zero-order chi connectivity index (χ0) is 17.5. The van der Waals surface area contributed by atoms with Crippen molar-refractivity contribution >= 4 is 23.6 Å². The molecule has 0 aliphatic heterocycles. The van der Waals surface area contributed by atoms with Gasteiger partial charge in [0.05, 0.1) is 0 Å². The van der Waals surface area contributed by atoms with Crippen molar-refractivity contribution in [3.05, 3.63) is 71.6 Å². The molecule has 0 unspecified atom stereocenters. The van der Waals surface area contributed by atoms with Gasteiger partial charge in [0.2, 0.25) is 0 Å². The van der Waals surface area contributed by atoms with Crippen molar-refractivity contribution in [3.8, 4) is 0 Å². The van der Waals surface area contributed by atoms with Crippen LogP contribution < -0.4 is 5.32 Å². The average molecular weight is 335 g/mol. The summed E-state index contributed by atoms with van der Waals surface area (Å²) in [5.74, 6) is -4.02. The van der Waals surface area contributed by atoms with Gasteiger partial charge in [-0.25, -0.2) is 18.0 Å². The SMILES string of the molecule is O=C(COC(=O)/C=C/c1ccc(F)cc1)Nc1ccc(F)c(F)c1. The van der Waals surface area contributed by atoms with Gasteiger partial charge >= 0.3 is 5.97 Å². The average Bonchev–Trinajstić information content (AvgIpc) is 2.56. The lowest BCUT2D eigenvalue weighted by molar-refractivity contribution is -0.142. The van der Waals surface area contributed by atoms with E-state index in [4.69, 9.17) is 4.74 Å². The zero-order valence-corrected chi connectivity index (χ0v) is 12.3. The molecule has 0 heterocycles. The summed E-state index contributed by atoms with van der Waals surface area (Å²) in [6, 6.07) is 8.25. The number of rotatable bonds is 5. The van der Waals surface area contributed by atoms with E-state index in [1.165, 1.54) is 36.4 Å². The molecule has 0 saturated carbocycles. The predicted octanol–water partition coefficient (Wildman–Crippen LogP) is 3.30. The highest BCUT2D eigenvalue weighted by atomic mass is 19.2. The molecule has 1 amide bonds. The Bertz CT molecular complexity index is 773. The van der Waals surface area contributed by atoms with Gasteiger partial charge in [-0.1, -0.05) is 12.1 Å². The molecule has 0 radical (unpaired) electrons. The molecule has 0 aliphatic rings. The summed E-state index contributed by atoms with van der Waals surface area (Å²) in [6.07, 6.45) is 2.48. The van der Waals surface area contributed by atoms with Crippen molar-refractivity contribution < 1.29 is 27.5 Å². The number of carbonyl (C=O) groups excluding carboxylic acids is 2. The summed E-state index contributed by atoms with van der Waals surface area (Å²) in [5, 5.41) is 2.26. The third-order valence-electron chi connectivity index (χ3n) is 2.83. The van der Waals surface area contributed by atoms with Crippen LogP contribution >= 0.6 is 0 Å². The van der Waals surface area contributed by atoms with Gasteiger partial charge in [-0.15, -0.1) is 0 Å². The third kappa shape index (κ3) is 5.28. The first-order valence-corrected chi connectivity index (χ1v) is 6.79. The van der Waals surface area contributed by atoms with Gasteiger partial charge in [0.15, 0.2) is 18.2 Å². The lowest BCUT2D eigenvalue weighted by atomic mass is 10.2. The van der Waals surface area contributed by atoms with Crippen LogP contribution in [0.25, 0.3) is 6.08 Å². The van der Waals surface area contributed by atoms with Crippen molar-refractivity contribution in [2.24, 2.45) is 0 Å². The van der Waals surface area contributed by atoms with E-state index >= 15 is 0 Å². The molecule has 1 N–H and O–H groups in total. The molecule has 7 heteroatoms. The van der Waals surface area contributed by atoms with Crippen molar-refractivity contribution in [3.63, 3.8) is 0 Å². The molecule has 2 rings (SSSR count). The Balaban J connectivity index is 1.81. The highest BCUT2D eigenvalue weighted by molar-refractivity contribution is 5.94. The summed E-state index contributed by atoms with van der Waals surface area (Å²) < 4.78 is 43.1. The smallest absolute Gasteiger partial charge is 0.331 e. The second kappa shape index (κ2) is 7.96. The summed E-state index contributed by atoms with van der Waals surface area (Å²) in [7, 11) is 0. The first-order chi connectivity index (χ1) is 11.4. The molecule has 4 nitrogen and oxygen atoms in total. The molecule has 0 bridgehead atoms. The van der Waals surface area contributed by atoms with Gasteiger partial charge in [0.25, 0.3) is 5.91 Å². The number of benzene rings is 2. The van der Waals surface area contributed by atoms with Crippen LogP contribution in [0.15, 0.2) is 48.5 Å². The number of anilines is 1. The maximum Gasteiger partial charge on any atom is 0.331 e. The topological polar surface area (TPSA) is 55.4 Å². The molecular formula is C17H12F3NO3. The predicted molar refractivity (Wildman–Crippen MR) is 81.4 cm³/mol. The number of nitrogens with one attached hydrogen (secondary N) is 1. The summed E-state index contributed by atoms with van der Waals surface area (Å²) in [5.41, 5.74) is 0.622. The molecule has 0 saturated heterocycles. The Morgan fingerprint density at radius 1 is 1.00 bits per heavy atom. The van der Waals surface area contributed by atoms with E-state index in [0.717, 1.165) is 18.2 Å². The van der Waals surface area contributed by atoms with Crippen LogP contribution in [0.5, 0.6) is 0 Å². The molecule has 0 aromatic heterocycles. The summed E-state index contributed by atoms with van der Waals surface area (Å²) in [4.78, 5) is 23.0. The molecule has 0 atom stereocenters. The van der Waals surface area contributed by atoms with E-state index in [1.807, 2.05) is 0 Å². The minimum Gasteiger partial charge on any atom is -0.452 e. The second-order valence-corrected chi connectivity index (χ2v) is 4.67. The number of esters is 1. The molecule has 0 fully saturated rings. The molecule has 24 heavy (non-hydrogen) atoms. The Morgan fingerprint density at radius 2 is 1.71 bits per heavy atom.